The molecule has 9 heteroatoms. The zero-order chi connectivity index (χ0) is 39.0. The van der Waals surface area contributed by atoms with Crippen molar-refractivity contribution in [2.75, 3.05) is 19.6 Å². The average Bonchev–Trinajstić information content (AvgIpc) is 3.73. The van der Waals surface area contributed by atoms with E-state index in [-0.39, 0.29) is 18.4 Å². The molecule has 0 fully saturated rings. The number of alkyl carbamates (subject to hydrolysis) is 2. The van der Waals surface area contributed by atoms with Crippen molar-refractivity contribution in [1.82, 2.24) is 21.3 Å². The second kappa shape index (κ2) is 17.4. The molecular formula is C48H44N4O5. The lowest BCUT2D eigenvalue weighted by molar-refractivity contribution is -0.123. The van der Waals surface area contributed by atoms with Gasteiger partial charge in [0, 0.05) is 54.4 Å². The molecule has 0 saturated heterocycles. The molecule has 8 rings (SSSR count). The van der Waals surface area contributed by atoms with E-state index in [1.165, 1.54) is 0 Å². The van der Waals surface area contributed by atoms with Gasteiger partial charge in [-0.2, -0.15) is 0 Å². The molecule has 0 heterocycles. The molecule has 3 amide bonds. The number of carbonyl (C=O) groups excluding carboxylic acids is 3. The Hall–Kier alpha value is -6.71. The second-order valence-electron chi connectivity index (χ2n) is 14.3. The van der Waals surface area contributed by atoms with Gasteiger partial charge in [0.25, 0.3) is 0 Å². The Morgan fingerprint density at radius 1 is 0.474 bits per heavy atom. The summed E-state index contributed by atoms with van der Waals surface area (Å²) in [6.45, 7) is 1.15. The predicted molar refractivity (Wildman–Crippen MR) is 220 cm³/mol. The Labute approximate surface area is 332 Å². The third-order valence-electron chi connectivity index (χ3n) is 10.5. The zero-order valence-corrected chi connectivity index (χ0v) is 31.4. The summed E-state index contributed by atoms with van der Waals surface area (Å²) in [5.74, 6) is -0.329. The number of nitrogens with one attached hydrogen (secondary N) is 4. The minimum atomic E-state index is -0.875. The molecular weight excluding hydrogens is 713 g/mol. The lowest BCUT2D eigenvalue weighted by atomic mass is 10.1. The van der Waals surface area contributed by atoms with Gasteiger partial charge in [0.1, 0.15) is 6.04 Å². The largest absolute Gasteiger partial charge is 0.436 e. The molecule has 0 bridgehead atoms. The first-order valence-electron chi connectivity index (χ1n) is 19.4. The van der Waals surface area contributed by atoms with Gasteiger partial charge in [0.2, 0.25) is 5.91 Å². The smallest absolute Gasteiger partial charge is 0.408 e. The molecule has 2 aliphatic carbocycles. The van der Waals surface area contributed by atoms with Crippen molar-refractivity contribution in [1.29, 1.82) is 0 Å². The summed E-state index contributed by atoms with van der Waals surface area (Å²) in [6, 6.07) is 50.1. The van der Waals surface area contributed by atoms with Crippen molar-refractivity contribution in [2.45, 2.75) is 37.1 Å². The van der Waals surface area contributed by atoms with Crippen LogP contribution in [0.15, 0.2) is 158 Å². The van der Waals surface area contributed by atoms with Gasteiger partial charge in [0.15, 0.2) is 12.2 Å². The molecule has 0 spiro atoms. The van der Waals surface area contributed by atoms with Gasteiger partial charge >= 0.3 is 12.2 Å². The molecule has 0 radical (unpaired) electrons. The number of carbonyl (C=O) groups is 3. The molecule has 2 unspecified atom stereocenters. The highest BCUT2D eigenvalue weighted by Crippen LogP contribution is 2.46. The summed E-state index contributed by atoms with van der Waals surface area (Å²) in [6.07, 6.45) is -1.40. The van der Waals surface area contributed by atoms with Crippen LogP contribution in [0.3, 0.4) is 0 Å². The molecule has 286 valence electrons. The number of hydrogen-bond acceptors (Lipinski definition) is 6. The number of rotatable bonds is 14. The van der Waals surface area contributed by atoms with E-state index in [0.29, 0.717) is 26.1 Å². The molecule has 9 nitrogen and oxygen atoms in total. The molecule has 6 aromatic rings. The van der Waals surface area contributed by atoms with Crippen molar-refractivity contribution in [2.24, 2.45) is 0 Å². The van der Waals surface area contributed by atoms with Crippen LogP contribution < -0.4 is 21.3 Å². The van der Waals surface area contributed by atoms with E-state index in [0.717, 1.165) is 55.6 Å². The topological polar surface area (TPSA) is 118 Å². The van der Waals surface area contributed by atoms with Gasteiger partial charge in [-0.15, -0.1) is 0 Å². The predicted octanol–water partition coefficient (Wildman–Crippen LogP) is 7.91. The maximum absolute atomic E-state index is 13.7. The number of amides is 3. The van der Waals surface area contributed by atoms with Crippen LogP contribution in [0.5, 0.6) is 0 Å². The summed E-state index contributed by atoms with van der Waals surface area (Å²) in [5.41, 5.74) is 9.91. The molecule has 2 atom stereocenters. The lowest BCUT2D eigenvalue weighted by Crippen LogP contribution is -2.50. The molecule has 0 saturated carbocycles. The molecule has 2 aliphatic rings. The fourth-order valence-electron chi connectivity index (χ4n) is 7.87. The maximum Gasteiger partial charge on any atom is 0.408 e. The Morgan fingerprint density at radius 2 is 0.877 bits per heavy atom. The van der Waals surface area contributed by atoms with Crippen molar-refractivity contribution in [3.8, 4) is 22.3 Å². The van der Waals surface area contributed by atoms with Gasteiger partial charge in [-0.3, -0.25) is 4.79 Å². The third-order valence-corrected chi connectivity index (χ3v) is 10.5. The average molecular weight is 757 g/mol. The lowest BCUT2D eigenvalue weighted by Gasteiger charge is -2.22. The summed E-state index contributed by atoms with van der Waals surface area (Å²) in [4.78, 5) is 40.6. The minimum Gasteiger partial charge on any atom is -0.436 e. The summed E-state index contributed by atoms with van der Waals surface area (Å²) >= 11 is 0. The van der Waals surface area contributed by atoms with Crippen molar-refractivity contribution < 1.29 is 23.9 Å². The highest BCUT2D eigenvalue weighted by Gasteiger charge is 2.33. The Kier molecular flexibility index (Phi) is 11.4. The molecule has 4 N–H and O–H groups in total. The normalized spacial score (nSPS) is 13.6. The SMILES string of the molecule is O=C(NC(CNCCNC(=O)C(Cc1ccccc1)NC(=O)OC1c2ccccc2-c2ccccc21)Cc1ccccc1)OC1c2ccccc2-c2ccccc21. The fraction of sp³-hybridized carbons (Fsp3) is 0.188. The van der Waals surface area contributed by atoms with Crippen LogP contribution in [0.4, 0.5) is 9.59 Å². The minimum absolute atomic E-state index is 0.286. The first-order chi connectivity index (χ1) is 28.0. The van der Waals surface area contributed by atoms with E-state index in [1.807, 2.05) is 146 Å². The quantitative estimate of drug-likeness (QED) is 0.0840. The van der Waals surface area contributed by atoms with Gasteiger partial charge in [0.05, 0.1) is 0 Å². The molecule has 0 aliphatic heterocycles. The van der Waals surface area contributed by atoms with E-state index < -0.39 is 30.4 Å². The van der Waals surface area contributed by atoms with Crippen LogP contribution in [-0.4, -0.2) is 49.8 Å². The van der Waals surface area contributed by atoms with E-state index in [1.54, 1.807) is 0 Å². The Balaban J connectivity index is 0.878. The Morgan fingerprint density at radius 3 is 1.35 bits per heavy atom. The van der Waals surface area contributed by atoms with E-state index in [2.05, 4.69) is 33.4 Å². The van der Waals surface area contributed by atoms with Gasteiger partial charge in [-0.25, -0.2) is 9.59 Å². The highest BCUT2D eigenvalue weighted by molar-refractivity contribution is 5.86. The van der Waals surface area contributed by atoms with Gasteiger partial charge < -0.3 is 30.7 Å². The summed E-state index contributed by atoms with van der Waals surface area (Å²) in [7, 11) is 0. The Bertz CT molecular complexity index is 2260. The molecule has 57 heavy (non-hydrogen) atoms. The van der Waals surface area contributed by atoms with Crippen LogP contribution in [0.25, 0.3) is 22.3 Å². The van der Waals surface area contributed by atoms with Crippen molar-refractivity contribution in [3.63, 3.8) is 0 Å². The monoisotopic (exact) mass is 756 g/mol. The number of ether oxygens (including phenoxy) is 2. The van der Waals surface area contributed by atoms with E-state index in [9.17, 15) is 14.4 Å². The third kappa shape index (κ3) is 8.59. The van der Waals surface area contributed by atoms with Crippen molar-refractivity contribution >= 4 is 18.1 Å². The fourth-order valence-corrected chi connectivity index (χ4v) is 7.87. The van der Waals surface area contributed by atoms with Crippen molar-refractivity contribution in [3.05, 3.63) is 191 Å². The van der Waals surface area contributed by atoms with Crippen LogP contribution in [0, 0.1) is 0 Å². The highest BCUT2D eigenvalue weighted by atomic mass is 16.6. The van der Waals surface area contributed by atoms with Crippen LogP contribution >= 0.6 is 0 Å². The van der Waals surface area contributed by atoms with Crippen LogP contribution in [-0.2, 0) is 27.1 Å². The van der Waals surface area contributed by atoms with Crippen LogP contribution in [0.1, 0.15) is 45.6 Å². The summed E-state index contributed by atoms with van der Waals surface area (Å²) < 4.78 is 12.1. The van der Waals surface area contributed by atoms with Gasteiger partial charge in [-0.1, -0.05) is 158 Å². The molecule has 6 aromatic carbocycles. The second-order valence-corrected chi connectivity index (χ2v) is 14.3. The standard InChI is InChI=1S/C48H44N4O5/c53-46(43(30-33-17-5-2-6-18-33)52-48(55)57-45-41-25-13-9-21-37(41)38-22-10-14-26-42(38)45)50-28-27-49-31-34(29-32-15-3-1-4-16-32)51-47(54)56-44-39-23-11-7-19-35(39)36-20-8-12-24-40(36)44/h1-26,34,43-45,49H,27-31H2,(H,50,53)(H,51,54)(H,52,55). The number of fused-ring (bicyclic) bond motifs is 6. The number of benzene rings is 6. The maximum atomic E-state index is 13.7. The first-order valence-corrected chi connectivity index (χ1v) is 19.4. The van der Waals surface area contributed by atoms with Gasteiger partial charge in [-0.05, 0) is 39.8 Å². The number of hydrogen-bond donors (Lipinski definition) is 4. The summed E-state index contributed by atoms with van der Waals surface area (Å²) in [5, 5.41) is 12.3. The first kappa shape index (κ1) is 37.2. The zero-order valence-electron chi connectivity index (χ0n) is 31.4. The van der Waals surface area contributed by atoms with E-state index >= 15 is 0 Å². The van der Waals surface area contributed by atoms with Crippen LogP contribution in [0.2, 0.25) is 0 Å². The van der Waals surface area contributed by atoms with E-state index in [4.69, 9.17) is 9.47 Å². The molecule has 0 aromatic heterocycles.